The lowest BCUT2D eigenvalue weighted by molar-refractivity contribution is 0.0916. The van der Waals surface area contributed by atoms with Crippen LogP contribution in [0.4, 0.5) is 0 Å². The van der Waals surface area contributed by atoms with Gasteiger partial charge in [0.05, 0.1) is 13.2 Å². The zero-order chi connectivity index (χ0) is 10.2. The number of carbonyl (C=O) groups is 1. The first kappa shape index (κ1) is 10.7. The third-order valence-electron chi connectivity index (χ3n) is 1.72. The Labute approximate surface area is 84.1 Å². The predicted octanol–water partition coefficient (Wildman–Crippen LogP) is 1.47. The van der Waals surface area contributed by atoms with E-state index in [-0.39, 0.29) is 5.91 Å². The average Bonchev–Trinajstić information content (AvgIpc) is 2.25. The highest BCUT2D eigenvalue weighted by Crippen LogP contribution is 1.97. The van der Waals surface area contributed by atoms with Crippen molar-refractivity contribution in [1.29, 1.82) is 0 Å². The molecule has 3 heteroatoms. The van der Waals surface area contributed by atoms with Crippen LogP contribution in [0.15, 0.2) is 30.3 Å². The summed E-state index contributed by atoms with van der Waals surface area (Å²) >= 11 is 0. The van der Waals surface area contributed by atoms with E-state index in [2.05, 4.69) is 5.32 Å². The number of nitrogens with zero attached hydrogens (tertiary/aromatic N) is 1. The van der Waals surface area contributed by atoms with E-state index in [9.17, 15) is 4.79 Å². The van der Waals surface area contributed by atoms with Gasteiger partial charge in [-0.15, -0.1) is 0 Å². The molecule has 0 aliphatic carbocycles. The summed E-state index contributed by atoms with van der Waals surface area (Å²) in [4.78, 5) is 11.4. The molecule has 0 fully saturated rings. The van der Waals surface area contributed by atoms with Gasteiger partial charge in [-0.05, 0) is 19.1 Å². The van der Waals surface area contributed by atoms with Crippen LogP contribution >= 0.6 is 0 Å². The highest BCUT2D eigenvalue weighted by molar-refractivity contribution is 5.93. The minimum Gasteiger partial charge on any atom is -0.380 e. The van der Waals surface area contributed by atoms with Crippen molar-refractivity contribution in [2.45, 2.75) is 6.92 Å². The maximum Gasteiger partial charge on any atom is 0.272 e. The van der Waals surface area contributed by atoms with Gasteiger partial charge >= 0.3 is 0 Å². The molecule has 0 heterocycles. The molecule has 1 aromatic carbocycles. The van der Waals surface area contributed by atoms with E-state index < -0.39 is 0 Å². The summed E-state index contributed by atoms with van der Waals surface area (Å²) in [5, 5.41) is 3.87. The third-order valence-corrected chi connectivity index (χ3v) is 1.72. The Morgan fingerprint density at radius 2 is 2.07 bits per heavy atom. The molecule has 1 amide bonds. The molecule has 0 unspecified atom stereocenters. The van der Waals surface area contributed by atoms with Crippen molar-refractivity contribution >= 4 is 5.91 Å². The van der Waals surface area contributed by atoms with Crippen LogP contribution in [-0.2, 0) is 4.74 Å². The van der Waals surface area contributed by atoms with Crippen LogP contribution in [0.5, 0.6) is 0 Å². The zero-order valence-corrected chi connectivity index (χ0v) is 8.27. The molecule has 0 spiro atoms. The van der Waals surface area contributed by atoms with Crippen molar-refractivity contribution in [2.75, 3.05) is 19.8 Å². The second kappa shape index (κ2) is 6.16. The van der Waals surface area contributed by atoms with E-state index >= 15 is 0 Å². The van der Waals surface area contributed by atoms with E-state index in [1.54, 1.807) is 12.1 Å². The van der Waals surface area contributed by atoms with Gasteiger partial charge < -0.3 is 4.74 Å². The number of benzene rings is 1. The summed E-state index contributed by atoms with van der Waals surface area (Å²) in [6, 6.07) is 9.03. The van der Waals surface area contributed by atoms with Crippen LogP contribution < -0.4 is 5.32 Å². The number of hydrogen-bond donors (Lipinski definition) is 0. The lowest BCUT2D eigenvalue weighted by Crippen LogP contribution is -2.20. The van der Waals surface area contributed by atoms with Crippen LogP contribution in [0.1, 0.15) is 17.3 Å². The second-order valence-electron chi connectivity index (χ2n) is 2.75. The molecule has 0 N–H and O–H groups in total. The van der Waals surface area contributed by atoms with Gasteiger partial charge in [-0.1, -0.05) is 18.2 Å². The largest absolute Gasteiger partial charge is 0.380 e. The summed E-state index contributed by atoms with van der Waals surface area (Å²) < 4.78 is 5.07. The Morgan fingerprint density at radius 3 is 2.71 bits per heavy atom. The van der Waals surface area contributed by atoms with E-state index in [1.165, 1.54) is 0 Å². The van der Waals surface area contributed by atoms with Crippen molar-refractivity contribution in [2.24, 2.45) is 0 Å². The number of amides is 1. The van der Waals surface area contributed by atoms with Crippen molar-refractivity contribution in [3.05, 3.63) is 35.9 Å². The molecule has 1 aromatic rings. The normalized spacial score (nSPS) is 9.79. The van der Waals surface area contributed by atoms with E-state index in [4.69, 9.17) is 4.74 Å². The van der Waals surface area contributed by atoms with E-state index in [0.717, 1.165) is 0 Å². The molecule has 1 radical (unpaired) electrons. The predicted molar refractivity (Wildman–Crippen MR) is 54.3 cm³/mol. The second-order valence-corrected chi connectivity index (χ2v) is 2.75. The van der Waals surface area contributed by atoms with Crippen molar-refractivity contribution in [3.63, 3.8) is 0 Å². The molecule has 0 saturated carbocycles. The van der Waals surface area contributed by atoms with Crippen LogP contribution in [0.25, 0.3) is 0 Å². The Balaban J connectivity index is 2.29. The first-order valence-corrected chi connectivity index (χ1v) is 4.69. The van der Waals surface area contributed by atoms with Crippen LogP contribution in [-0.4, -0.2) is 25.7 Å². The molecule has 0 bridgehead atoms. The summed E-state index contributed by atoms with van der Waals surface area (Å²) in [6.45, 7) is 3.52. The van der Waals surface area contributed by atoms with Gasteiger partial charge in [-0.2, -0.15) is 0 Å². The molecule has 0 atom stereocenters. The Bertz CT molecular complexity index is 272. The Hall–Kier alpha value is -1.35. The molecule has 75 valence electrons. The minimum absolute atomic E-state index is 0.176. The fourth-order valence-corrected chi connectivity index (χ4v) is 1.03. The van der Waals surface area contributed by atoms with Crippen molar-refractivity contribution in [3.8, 4) is 0 Å². The quantitative estimate of drug-likeness (QED) is 0.663. The summed E-state index contributed by atoms with van der Waals surface area (Å²) in [5.41, 5.74) is 0.629. The standard InChI is InChI=1S/C11H14NO2/c1-2-14-9-8-12-11(13)10-6-4-3-5-7-10/h3-7H,2,8-9H2,1H3. The zero-order valence-electron chi connectivity index (χ0n) is 8.27. The van der Waals surface area contributed by atoms with Crippen molar-refractivity contribution in [1.82, 2.24) is 5.32 Å². The van der Waals surface area contributed by atoms with Crippen LogP contribution in [0.3, 0.4) is 0 Å². The first-order chi connectivity index (χ1) is 6.84. The maximum atomic E-state index is 11.4. The summed E-state index contributed by atoms with van der Waals surface area (Å²) in [5.74, 6) is -0.176. The molecular weight excluding hydrogens is 178 g/mol. The molecule has 0 saturated heterocycles. The smallest absolute Gasteiger partial charge is 0.272 e. The topological polar surface area (TPSA) is 40.4 Å². The number of ether oxygens (including phenoxy) is 1. The fourth-order valence-electron chi connectivity index (χ4n) is 1.03. The third kappa shape index (κ3) is 3.58. The van der Waals surface area contributed by atoms with Crippen LogP contribution in [0, 0.1) is 0 Å². The summed E-state index contributed by atoms with van der Waals surface area (Å²) in [6.07, 6.45) is 0. The molecule has 1 rings (SSSR count). The molecule has 0 aromatic heterocycles. The van der Waals surface area contributed by atoms with Gasteiger partial charge in [-0.25, -0.2) is 5.32 Å². The lowest BCUT2D eigenvalue weighted by Gasteiger charge is -2.01. The number of hydrogen-bond acceptors (Lipinski definition) is 2. The van der Waals surface area contributed by atoms with Crippen molar-refractivity contribution < 1.29 is 9.53 Å². The van der Waals surface area contributed by atoms with Gasteiger partial charge in [0.1, 0.15) is 0 Å². The van der Waals surface area contributed by atoms with E-state index in [0.29, 0.717) is 25.3 Å². The Morgan fingerprint density at radius 1 is 1.36 bits per heavy atom. The first-order valence-electron chi connectivity index (χ1n) is 4.69. The van der Waals surface area contributed by atoms with Gasteiger partial charge in [0.2, 0.25) is 0 Å². The maximum absolute atomic E-state index is 11.4. The SMILES string of the molecule is CCOCC[N]C(=O)c1ccccc1. The van der Waals surface area contributed by atoms with Gasteiger partial charge in [-0.3, -0.25) is 4.79 Å². The van der Waals surface area contributed by atoms with Gasteiger partial charge in [0.25, 0.3) is 5.91 Å². The van der Waals surface area contributed by atoms with E-state index in [1.807, 2.05) is 25.1 Å². The number of rotatable bonds is 5. The van der Waals surface area contributed by atoms with Crippen LogP contribution in [0.2, 0.25) is 0 Å². The van der Waals surface area contributed by atoms with Gasteiger partial charge in [0.15, 0.2) is 0 Å². The molecule has 0 aliphatic heterocycles. The minimum atomic E-state index is -0.176. The highest BCUT2D eigenvalue weighted by Gasteiger charge is 2.04. The molecule has 0 aliphatic rings. The summed E-state index contributed by atoms with van der Waals surface area (Å²) in [7, 11) is 0. The Kier molecular flexibility index (Phi) is 4.72. The molecular formula is C11H14NO2. The highest BCUT2D eigenvalue weighted by atomic mass is 16.5. The average molecular weight is 192 g/mol. The van der Waals surface area contributed by atoms with Gasteiger partial charge in [0, 0.05) is 12.2 Å². The monoisotopic (exact) mass is 192 g/mol. The lowest BCUT2D eigenvalue weighted by atomic mass is 10.2. The number of carbonyl (C=O) groups excluding carboxylic acids is 1. The molecule has 3 nitrogen and oxygen atoms in total. The molecule has 14 heavy (non-hydrogen) atoms. The fraction of sp³-hybridized carbons (Fsp3) is 0.364.